The van der Waals surface area contributed by atoms with E-state index in [2.05, 4.69) is 10.1 Å². The SMILES string of the molecule is Cc1nc(SCCC(N)=NO)oc1C. The second kappa shape index (κ2) is 4.90. The van der Waals surface area contributed by atoms with Crippen LogP contribution in [0.1, 0.15) is 17.9 Å². The molecule has 0 fully saturated rings. The Labute approximate surface area is 86.4 Å². The van der Waals surface area contributed by atoms with Gasteiger partial charge in [0, 0.05) is 12.2 Å². The van der Waals surface area contributed by atoms with Crippen LogP contribution in [0, 0.1) is 13.8 Å². The van der Waals surface area contributed by atoms with Crippen LogP contribution in [-0.4, -0.2) is 21.8 Å². The molecule has 1 heterocycles. The van der Waals surface area contributed by atoms with Gasteiger partial charge in [-0.25, -0.2) is 4.98 Å². The Morgan fingerprint density at radius 3 is 2.86 bits per heavy atom. The second-order valence-corrected chi connectivity index (χ2v) is 3.86. The van der Waals surface area contributed by atoms with Crippen LogP contribution in [0.4, 0.5) is 0 Å². The van der Waals surface area contributed by atoms with E-state index in [1.165, 1.54) is 11.8 Å². The lowest BCUT2D eigenvalue weighted by molar-refractivity contribution is 0.317. The molecule has 0 spiro atoms. The molecule has 0 saturated carbocycles. The standard InChI is InChI=1S/C8H13N3O2S/c1-5-6(2)13-8(10-5)14-4-3-7(9)11-12/h12H,3-4H2,1-2H3,(H2,9,11). The van der Waals surface area contributed by atoms with Gasteiger partial charge >= 0.3 is 0 Å². The molecule has 0 aromatic carbocycles. The van der Waals surface area contributed by atoms with Crippen LogP contribution in [0.3, 0.4) is 0 Å². The van der Waals surface area contributed by atoms with Gasteiger partial charge in [0.15, 0.2) is 0 Å². The maximum absolute atomic E-state index is 8.29. The minimum absolute atomic E-state index is 0.220. The first-order valence-electron chi connectivity index (χ1n) is 4.16. The first-order chi connectivity index (χ1) is 6.63. The summed E-state index contributed by atoms with van der Waals surface area (Å²) in [4.78, 5) is 4.19. The largest absolute Gasteiger partial charge is 0.437 e. The van der Waals surface area contributed by atoms with Crippen molar-refractivity contribution in [3.63, 3.8) is 0 Å². The van der Waals surface area contributed by atoms with Crippen LogP contribution in [0.2, 0.25) is 0 Å². The van der Waals surface area contributed by atoms with Crippen molar-refractivity contribution in [1.29, 1.82) is 0 Å². The molecule has 1 aromatic heterocycles. The van der Waals surface area contributed by atoms with Gasteiger partial charge in [-0.1, -0.05) is 16.9 Å². The Balaban J connectivity index is 2.39. The number of oxime groups is 1. The summed E-state index contributed by atoms with van der Waals surface area (Å²) in [7, 11) is 0. The van der Waals surface area contributed by atoms with Crippen molar-refractivity contribution in [2.24, 2.45) is 10.9 Å². The highest BCUT2D eigenvalue weighted by molar-refractivity contribution is 7.99. The Morgan fingerprint density at radius 1 is 1.64 bits per heavy atom. The number of thioether (sulfide) groups is 1. The maximum atomic E-state index is 8.29. The average molecular weight is 215 g/mol. The lowest BCUT2D eigenvalue weighted by atomic mass is 10.4. The third-order valence-corrected chi connectivity index (χ3v) is 2.55. The maximum Gasteiger partial charge on any atom is 0.256 e. The number of rotatable bonds is 4. The van der Waals surface area contributed by atoms with Crippen LogP contribution >= 0.6 is 11.8 Å². The molecular formula is C8H13N3O2S. The topological polar surface area (TPSA) is 84.6 Å². The highest BCUT2D eigenvalue weighted by Crippen LogP contribution is 2.20. The van der Waals surface area contributed by atoms with Crippen molar-refractivity contribution in [3.8, 4) is 0 Å². The van der Waals surface area contributed by atoms with Gasteiger partial charge < -0.3 is 15.4 Å². The van der Waals surface area contributed by atoms with Crippen molar-refractivity contribution in [1.82, 2.24) is 4.98 Å². The van der Waals surface area contributed by atoms with Crippen molar-refractivity contribution in [2.45, 2.75) is 25.5 Å². The number of oxazole rings is 1. The van der Waals surface area contributed by atoms with E-state index in [9.17, 15) is 0 Å². The second-order valence-electron chi connectivity index (χ2n) is 2.81. The van der Waals surface area contributed by atoms with Gasteiger partial charge in [0.25, 0.3) is 5.22 Å². The molecule has 3 N–H and O–H groups in total. The van der Waals surface area contributed by atoms with Gasteiger partial charge in [-0.3, -0.25) is 0 Å². The highest BCUT2D eigenvalue weighted by atomic mass is 32.2. The summed E-state index contributed by atoms with van der Waals surface area (Å²) >= 11 is 1.45. The molecule has 0 aliphatic carbocycles. The fraction of sp³-hybridized carbons (Fsp3) is 0.500. The third-order valence-electron chi connectivity index (χ3n) is 1.72. The zero-order chi connectivity index (χ0) is 10.6. The molecule has 14 heavy (non-hydrogen) atoms. The molecule has 0 amide bonds. The molecule has 0 bridgehead atoms. The lowest BCUT2D eigenvalue weighted by Gasteiger charge is -1.95. The molecule has 0 radical (unpaired) electrons. The fourth-order valence-corrected chi connectivity index (χ4v) is 1.67. The van der Waals surface area contributed by atoms with Gasteiger partial charge in [0.05, 0.1) is 5.69 Å². The van der Waals surface area contributed by atoms with E-state index in [0.717, 1.165) is 11.5 Å². The van der Waals surface area contributed by atoms with E-state index in [1.54, 1.807) is 0 Å². The quantitative estimate of drug-likeness (QED) is 0.261. The smallest absolute Gasteiger partial charge is 0.256 e. The van der Waals surface area contributed by atoms with E-state index in [4.69, 9.17) is 15.4 Å². The van der Waals surface area contributed by atoms with Crippen LogP contribution in [0.15, 0.2) is 14.8 Å². The van der Waals surface area contributed by atoms with E-state index < -0.39 is 0 Å². The molecule has 6 heteroatoms. The van der Waals surface area contributed by atoms with Gasteiger partial charge in [-0.2, -0.15) is 0 Å². The highest BCUT2D eigenvalue weighted by Gasteiger charge is 2.05. The summed E-state index contributed by atoms with van der Waals surface area (Å²) in [5, 5.41) is 11.8. The zero-order valence-electron chi connectivity index (χ0n) is 8.15. The summed E-state index contributed by atoms with van der Waals surface area (Å²) in [6, 6.07) is 0. The zero-order valence-corrected chi connectivity index (χ0v) is 8.97. The van der Waals surface area contributed by atoms with Crippen molar-refractivity contribution >= 4 is 17.6 Å². The Hall–Kier alpha value is -1.17. The Kier molecular flexibility index (Phi) is 3.82. The lowest BCUT2D eigenvalue weighted by Crippen LogP contribution is -2.11. The summed E-state index contributed by atoms with van der Waals surface area (Å²) in [6.07, 6.45) is 0.516. The normalized spacial score (nSPS) is 12.0. The van der Waals surface area contributed by atoms with Gasteiger partial charge in [-0.05, 0) is 13.8 Å². The molecule has 1 rings (SSSR count). The first kappa shape index (κ1) is 10.9. The van der Waals surface area contributed by atoms with Crippen molar-refractivity contribution in [3.05, 3.63) is 11.5 Å². The minimum atomic E-state index is 0.220. The molecule has 0 unspecified atom stereocenters. The Bertz CT molecular complexity index is 316. The predicted octanol–water partition coefficient (Wildman–Crippen LogP) is 1.52. The summed E-state index contributed by atoms with van der Waals surface area (Å²) in [5.41, 5.74) is 6.21. The van der Waals surface area contributed by atoms with Crippen molar-refractivity contribution in [2.75, 3.05) is 5.75 Å². The van der Waals surface area contributed by atoms with E-state index >= 15 is 0 Å². The molecular weight excluding hydrogens is 202 g/mol. The molecule has 0 aliphatic rings. The van der Waals surface area contributed by atoms with Gasteiger partial charge in [0.1, 0.15) is 11.6 Å². The fourth-order valence-electron chi connectivity index (χ4n) is 0.798. The summed E-state index contributed by atoms with van der Waals surface area (Å²) < 4.78 is 5.34. The molecule has 0 atom stereocenters. The number of nitrogens with zero attached hydrogens (tertiary/aromatic N) is 2. The average Bonchev–Trinajstić information content (AvgIpc) is 2.46. The number of aromatic nitrogens is 1. The Morgan fingerprint density at radius 2 is 2.36 bits per heavy atom. The van der Waals surface area contributed by atoms with Crippen LogP contribution in [0.25, 0.3) is 0 Å². The van der Waals surface area contributed by atoms with E-state index in [-0.39, 0.29) is 5.84 Å². The number of hydrogen-bond donors (Lipinski definition) is 2. The van der Waals surface area contributed by atoms with Crippen molar-refractivity contribution < 1.29 is 9.62 Å². The van der Waals surface area contributed by atoms with Gasteiger partial charge in [0.2, 0.25) is 0 Å². The number of hydrogen-bond acceptors (Lipinski definition) is 5. The molecule has 0 saturated heterocycles. The van der Waals surface area contributed by atoms with E-state index in [1.807, 2.05) is 13.8 Å². The number of amidine groups is 1. The summed E-state index contributed by atoms with van der Waals surface area (Å²) in [5.74, 6) is 1.74. The number of nitrogens with two attached hydrogens (primary N) is 1. The minimum Gasteiger partial charge on any atom is -0.437 e. The molecule has 0 aliphatic heterocycles. The van der Waals surface area contributed by atoms with Gasteiger partial charge in [-0.15, -0.1) is 0 Å². The monoisotopic (exact) mass is 215 g/mol. The van der Waals surface area contributed by atoms with Crippen LogP contribution in [-0.2, 0) is 0 Å². The van der Waals surface area contributed by atoms with Crippen LogP contribution < -0.4 is 5.73 Å². The molecule has 5 nitrogen and oxygen atoms in total. The van der Waals surface area contributed by atoms with Crippen LogP contribution in [0.5, 0.6) is 0 Å². The molecule has 1 aromatic rings. The summed E-state index contributed by atoms with van der Waals surface area (Å²) in [6.45, 7) is 3.77. The van der Waals surface area contributed by atoms with E-state index in [0.29, 0.717) is 17.4 Å². The molecule has 78 valence electrons. The third kappa shape index (κ3) is 2.95. The first-order valence-corrected chi connectivity index (χ1v) is 5.15. The predicted molar refractivity (Wildman–Crippen MR) is 54.7 cm³/mol. The number of aryl methyl sites for hydroxylation is 2.